The number of hydrogen-bond acceptors (Lipinski definition) is 5. The van der Waals surface area contributed by atoms with Crippen LogP contribution in [0.25, 0.3) is 10.9 Å². The minimum atomic E-state index is -0.717. The van der Waals surface area contributed by atoms with E-state index in [-0.39, 0.29) is 18.0 Å². The Hall–Kier alpha value is -2.90. The molecule has 0 bridgehead atoms. The van der Waals surface area contributed by atoms with Gasteiger partial charge in [0.15, 0.2) is 0 Å². The third kappa shape index (κ3) is 4.29. The van der Waals surface area contributed by atoms with Crippen molar-refractivity contribution in [1.29, 1.82) is 0 Å². The number of nitrogens with zero attached hydrogens (tertiary/aromatic N) is 1. The number of hydrogen-bond donors (Lipinski definition) is 3. The molecule has 0 aliphatic heterocycles. The van der Waals surface area contributed by atoms with Crippen molar-refractivity contribution in [3.63, 3.8) is 0 Å². The topological polar surface area (TPSA) is 113 Å². The molecule has 8 heteroatoms. The van der Waals surface area contributed by atoms with Crippen LogP contribution in [0.2, 0.25) is 0 Å². The molecule has 2 aromatic rings. The number of carbonyl (C=O) groups is 2. The van der Waals surface area contributed by atoms with Crippen molar-refractivity contribution < 1.29 is 14.3 Å². The maximum Gasteiger partial charge on any atom is 0.407 e. The Morgan fingerprint density at radius 1 is 1.35 bits per heavy atom. The lowest BCUT2D eigenvalue weighted by atomic mass is 10.2. The number of aromatic nitrogens is 2. The molecule has 1 aromatic carbocycles. The second kappa shape index (κ2) is 7.39. The molecule has 0 spiro atoms. The molecule has 1 heterocycles. The molecule has 2 rings (SSSR count). The van der Waals surface area contributed by atoms with E-state index in [9.17, 15) is 14.4 Å². The third-order valence-electron chi connectivity index (χ3n) is 3.24. The van der Waals surface area contributed by atoms with E-state index in [0.717, 1.165) is 0 Å². The van der Waals surface area contributed by atoms with Gasteiger partial charge in [0.1, 0.15) is 11.9 Å². The molecule has 0 saturated heterocycles. The van der Waals surface area contributed by atoms with Gasteiger partial charge in [-0.15, -0.1) is 0 Å². The quantitative estimate of drug-likeness (QED) is 0.735. The van der Waals surface area contributed by atoms with E-state index in [1.165, 1.54) is 7.11 Å². The highest BCUT2D eigenvalue weighted by Gasteiger charge is 2.15. The maximum absolute atomic E-state index is 11.9. The summed E-state index contributed by atoms with van der Waals surface area (Å²) >= 11 is 0. The molecule has 23 heavy (non-hydrogen) atoms. The summed E-state index contributed by atoms with van der Waals surface area (Å²) in [5.74, 6) is 0.140. The summed E-state index contributed by atoms with van der Waals surface area (Å²) in [6, 6.07) is 6.32. The number of alkyl carbamates (subject to hydrolysis) is 1. The van der Waals surface area contributed by atoms with Crippen molar-refractivity contribution >= 4 is 22.9 Å². The summed E-state index contributed by atoms with van der Waals surface area (Å²) in [7, 11) is 1.22. The number of amides is 2. The largest absolute Gasteiger partial charge is 0.453 e. The SMILES string of the molecule is COC(=O)NC(C)C(=O)NCCc1nc2ccccc2c(=O)[nH]1. The highest BCUT2D eigenvalue weighted by atomic mass is 16.5. The van der Waals surface area contributed by atoms with Crippen LogP contribution in [0.1, 0.15) is 12.7 Å². The number of ether oxygens (including phenoxy) is 1. The van der Waals surface area contributed by atoms with E-state index in [1.807, 2.05) is 0 Å². The van der Waals surface area contributed by atoms with E-state index in [2.05, 4.69) is 25.3 Å². The van der Waals surface area contributed by atoms with Gasteiger partial charge in [-0.3, -0.25) is 9.59 Å². The molecule has 0 fully saturated rings. The van der Waals surface area contributed by atoms with Crippen molar-refractivity contribution in [3.05, 3.63) is 40.4 Å². The summed E-state index contributed by atoms with van der Waals surface area (Å²) in [4.78, 5) is 41.8. The Bertz CT molecular complexity index is 771. The van der Waals surface area contributed by atoms with Crippen LogP contribution in [0.4, 0.5) is 4.79 Å². The first kappa shape index (κ1) is 16.5. The molecule has 1 unspecified atom stereocenters. The molecular formula is C15H18N4O4. The Morgan fingerprint density at radius 3 is 2.83 bits per heavy atom. The van der Waals surface area contributed by atoms with Gasteiger partial charge in [0.25, 0.3) is 5.56 Å². The summed E-state index contributed by atoms with van der Waals surface area (Å²) in [6.07, 6.45) is -0.301. The fourth-order valence-corrected chi connectivity index (χ4v) is 2.01. The van der Waals surface area contributed by atoms with Gasteiger partial charge >= 0.3 is 6.09 Å². The Balaban J connectivity index is 1.93. The van der Waals surface area contributed by atoms with E-state index in [1.54, 1.807) is 31.2 Å². The number of H-pyrrole nitrogens is 1. The fraction of sp³-hybridized carbons (Fsp3) is 0.333. The van der Waals surface area contributed by atoms with E-state index >= 15 is 0 Å². The molecule has 8 nitrogen and oxygen atoms in total. The highest BCUT2D eigenvalue weighted by molar-refractivity contribution is 5.85. The molecule has 1 atom stereocenters. The van der Waals surface area contributed by atoms with Gasteiger partial charge in [-0.25, -0.2) is 9.78 Å². The van der Waals surface area contributed by atoms with Gasteiger partial charge in [-0.2, -0.15) is 0 Å². The molecule has 0 radical (unpaired) electrons. The Labute approximate surface area is 132 Å². The van der Waals surface area contributed by atoms with Crippen LogP contribution >= 0.6 is 0 Å². The number of aromatic amines is 1. The smallest absolute Gasteiger partial charge is 0.407 e. The van der Waals surface area contributed by atoms with Crippen molar-refractivity contribution in [2.45, 2.75) is 19.4 Å². The minimum absolute atomic E-state index is 0.211. The second-order valence-electron chi connectivity index (χ2n) is 4.93. The number of benzene rings is 1. The summed E-state index contributed by atoms with van der Waals surface area (Å²) in [5, 5.41) is 5.55. The number of fused-ring (bicyclic) bond motifs is 1. The molecule has 0 saturated carbocycles. The lowest BCUT2D eigenvalue weighted by Gasteiger charge is -2.13. The van der Waals surface area contributed by atoms with Crippen LogP contribution in [-0.2, 0) is 16.0 Å². The minimum Gasteiger partial charge on any atom is -0.453 e. The van der Waals surface area contributed by atoms with Crippen molar-refractivity contribution in [1.82, 2.24) is 20.6 Å². The van der Waals surface area contributed by atoms with Gasteiger partial charge in [-0.05, 0) is 19.1 Å². The van der Waals surface area contributed by atoms with Gasteiger partial charge in [0.05, 0.1) is 18.0 Å². The van der Waals surface area contributed by atoms with Crippen LogP contribution in [0.15, 0.2) is 29.1 Å². The van der Waals surface area contributed by atoms with E-state index < -0.39 is 12.1 Å². The summed E-state index contributed by atoms with van der Waals surface area (Å²) in [6.45, 7) is 1.83. The van der Waals surface area contributed by atoms with E-state index in [0.29, 0.717) is 23.1 Å². The molecule has 0 aliphatic carbocycles. The number of nitrogens with one attached hydrogen (secondary N) is 3. The lowest BCUT2D eigenvalue weighted by Crippen LogP contribution is -2.45. The molecule has 1 aromatic heterocycles. The summed E-state index contributed by atoms with van der Waals surface area (Å²) < 4.78 is 4.42. The second-order valence-corrected chi connectivity index (χ2v) is 4.93. The van der Waals surface area contributed by atoms with E-state index in [4.69, 9.17) is 0 Å². The van der Waals surface area contributed by atoms with Crippen LogP contribution in [0, 0.1) is 0 Å². The van der Waals surface area contributed by atoms with Crippen LogP contribution in [0.5, 0.6) is 0 Å². The predicted molar refractivity (Wildman–Crippen MR) is 84.1 cm³/mol. The number of para-hydroxylation sites is 1. The number of carbonyl (C=O) groups excluding carboxylic acids is 2. The Morgan fingerprint density at radius 2 is 2.09 bits per heavy atom. The molecule has 122 valence electrons. The zero-order valence-electron chi connectivity index (χ0n) is 12.9. The first-order chi connectivity index (χ1) is 11.0. The Kier molecular flexibility index (Phi) is 5.29. The predicted octanol–water partition coefficient (Wildman–Crippen LogP) is 0.326. The number of methoxy groups -OCH3 is 1. The van der Waals surface area contributed by atoms with Crippen LogP contribution in [-0.4, -0.2) is 41.7 Å². The molecule has 0 aliphatic rings. The van der Waals surface area contributed by atoms with Gasteiger partial charge in [-0.1, -0.05) is 12.1 Å². The van der Waals surface area contributed by atoms with Crippen molar-refractivity contribution in [2.24, 2.45) is 0 Å². The summed E-state index contributed by atoms with van der Waals surface area (Å²) in [5.41, 5.74) is 0.399. The first-order valence-electron chi connectivity index (χ1n) is 7.11. The highest BCUT2D eigenvalue weighted by Crippen LogP contribution is 2.05. The standard InChI is InChI=1S/C15H18N4O4/c1-9(17-15(22)23-2)13(20)16-8-7-12-18-11-6-4-3-5-10(11)14(21)19-12/h3-6,9H,7-8H2,1-2H3,(H,16,20)(H,17,22)(H,18,19,21). The molecular weight excluding hydrogens is 300 g/mol. The normalized spacial score (nSPS) is 11.7. The van der Waals surface area contributed by atoms with Gasteiger partial charge < -0.3 is 20.4 Å². The van der Waals surface area contributed by atoms with Crippen LogP contribution < -0.4 is 16.2 Å². The average molecular weight is 318 g/mol. The van der Waals surface area contributed by atoms with Crippen LogP contribution in [0.3, 0.4) is 0 Å². The van der Waals surface area contributed by atoms with Gasteiger partial charge in [0, 0.05) is 13.0 Å². The third-order valence-corrected chi connectivity index (χ3v) is 3.24. The van der Waals surface area contributed by atoms with Gasteiger partial charge in [0.2, 0.25) is 5.91 Å². The zero-order valence-corrected chi connectivity index (χ0v) is 12.9. The maximum atomic E-state index is 11.9. The fourth-order valence-electron chi connectivity index (χ4n) is 2.01. The lowest BCUT2D eigenvalue weighted by molar-refractivity contribution is -0.122. The average Bonchev–Trinajstić information content (AvgIpc) is 2.54. The zero-order chi connectivity index (χ0) is 16.8. The van der Waals surface area contributed by atoms with Crippen molar-refractivity contribution in [3.8, 4) is 0 Å². The first-order valence-corrected chi connectivity index (χ1v) is 7.11. The number of rotatable bonds is 5. The molecule has 3 N–H and O–H groups in total. The molecule has 2 amide bonds. The monoisotopic (exact) mass is 318 g/mol. The van der Waals surface area contributed by atoms with Crippen molar-refractivity contribution in [2.75, 3.05) is 13.7 Å².